The van der Waals surface area contributed by atoms with E-state index in [1.807, 2.05) is 44.2 Å². The summed E-state index contributed by atoms with van der Waals surface area (Å²) in [6.45, 7) is 5.90. The Morgan fingerprint density at radius 3 is 2.26 bits per heavy atom. The number of rotatable bonds is 5. The normalized spacial score (nSPS) is 19.1. The van der Waals surface area contributed by atoms with E-state index in [1.54, 1.807) is 21.9 Å². The number of hydrogen-bond acceptors (Lipinski definition) is 2. The van der Waals surface area contributed by atoms with Gasteiger partial charge < -0.3 is 9.80 Å². The summed E-state index contributed by atoms with van der Waals surface area (Å²) in [5.41, 5.74) is 1.09. The number of carbonyl (C=O) groups excluding carboxylic acids is 2. The Bertz CT molecular complexity index is 805. The molecule has 0 aromatic heterocycles. The average molecular weight is 368 g/mol. The summed E-state index contributed by atoms with van der Waals surface area (Å²) in [4.78, 5) is 29.4. The number of hydrogen-bond donors (Lipinski definition) is 0. The van der Waals surface area contributed by atoms with Gasteiger partial charge in [-0.2, -0.15) is 0 Å². The van der Waals surface area contributed by atoms with Crippen LogP contribution in [-0.2, 0) is 4.79 Å². The van der Waals surface area contributed by atoms with E-state index in [2.05, 4.69) is 0 Å². The molecule has 3 rings (SSSR count). The Morgan fingerprint density at radius 1 is 1.00 bits per heavy atom. The van der Waals surface area contributed by atoms with Crippen LogP contribution in [0, 0.1) is 11.7 Å². The predicted octanol–water partition coefficient (Wildman–Crippen LogP) is 3.55. The number of carbonyl (C=O) groups is 2. The van der Waals surface area contributed by atoms with Crippen LogP contribution in [0.15, 0.2) is 54.6 Å². The van der Waals surface area contributed by atoms with Gasteiger partial charge >= 0.3 is 0 Å². The van der Waals surface area contributed by atoms with Crippen molar-refractivity contribution in [2.45, 2.75) is 19.8 Å². The molecule has 1 aliphatic heterocycles. The molecule has 2 atom stereocenters. The van der Waals surface area contributed by atoms with Crippen molar-refractivity contribution >= 4 is 11.8 Å². The Hall–Kier alpha value is -2.69. The lowest BCUT2D eigenvalue weighted by molar-refractivity contribution is -0.135. The van der Waals surface area contributed by atoms with Gasteiger partial charge in [-0.1, -0.05) is 42.5 Å². The summed E-state index contributed by atoms with van der Waals surface area (Å²) in [6, 6.07) is 15.8. The van der Waals surface area contributed by atoms with Crippen LogP contribution in [0.5, 0.6) is 0 Å². The van der Waals surface area contributed by atoms with Gasteiger partial charge in [0.2, 0.25) is 5.91 Å². The molecule has 5 heteroatoms. The third-order valence-electron chi connectivity index (χ3n) is 5.33. The highest BCUT2D eigenvalue weighted by molar-refractivity contribution is 5.95. The fraction of sp³-hybridized carbons (Fsp3) is 0.364. The SMILES string of the molecule is CCN(CC)C(=O)[C@@H]1CN(C(=O)c2ccccc2F)C[C@H]1c1ccccc1. The molecule has 0 unspecified atom stereocenters. The van der Waals surface area contributed by atoms with E-state index in [0.717, 1.165) is 5.56 Å². The van der Waals surface area contributed by atoms with Crippen LogP contribution in [0.2, 0.25) is 0 Å². The molecule has 0 aliphatic carbocycles. The quantitative estimate of drug-likeness (QED) is 0.810. The van der Waals surface area contributed by atoms with Crippen molar-refractivity contribution in [1.29, 1.82) is 0 Å². The number of nitrogens with zero attached hydrogens (tertiary/aromatic N) is 2. The Balaban J connectivity index is 1.90. The lowest BCUT2D eigenvalue weighted by atomic mass is 9.88. The molecule has 0 saturated carbocycles. The van der Waals surface area contributed by atoms with Crippen LogP contribution >= 0.6 is 0 Å². The zero-order chi connectivity index (χ0) is 19.4. The largest absolute Gasteiger partial charge is 0.343 e. The van der Waals surface area contributed by atoms with Gasteiger partial charge in [0.1, 0.15) is 5.82 Å². The molecular formula is C22H25FN2O2. The van der Waals surface area contributed by atoms with Gasteiger partial charge in [0.25, 0.3) is 5.91 Å². The zero-order valence-corrected chi connectivity index (χ0v) is 15.8. The molecule has 27 heavy (non-hydrogen) atoms. The molecule has 0 N–H and O–H groups in total. The molecule has 1 saturated heterocycles. The summed E-state index contributed by atoms with van der Waals surface area (Å²) in [6.07, 6.45) is 0. The van der Waals surface area contributed by atoms with Crippen LogP contribution in [0.4, 0.5) is 4.39 Å². The summed E-state index contributed by atoms with van der Waals surface area (Å²) in [5.74, 6) is -1.24. The van der Waals surface area contributed by atoms with E-state index in [0.29, 0.717) is 26.2 Å². The minimum atomic E-state index is -0.530. The smallest absolute Gasteiger partial charge is 0.256 e. The van der Waals surface area contributed by atoms with E-state index < -0.39 is 5.82 Å². The second-order valence-corrected chi connectivity index (χ2v) is 6.82. The van der Waals surface area contributed by atoms with Gasteiger partial charge in [-0.3, -0.25) is 9.59 Å². The molecule has 1 aliphatic rings. The minimum absolute atomic E-state index is 0.0534. The maximum absolute atomic E-state index is 14.1. The Labute approximate surface area is 159 Å². The Kier molecular flexibility index (Phi) is 5.89. The molecule has 0 radical (unpaired) electrons. The van der Waals surface area contributed by atoms with Gasteiger partial charge in [0, 0.05) is 32.1 Å². The fourth-order valence-electron chi connectivity index (χ4n) is 3.83. The van der Waals surface area contributed by atoms with Gasteiger partial charge in [-0.05, 0) is 31.5 Å². The third-order valence-corrected chi connectivity index (χ3v) is 5.33. The molecule has 0 bridgehead atoms. The maximum Gasteiger partial charge on any atom is 0.256 e. The number of likely N-dealkylation sites (tertiary alicyclic amines) is 1. The van der Waals surface area contributed by atoms with E-state index in [1.165, 1.54) is 12.1 Å². The van der Waals surface area contributed by atoms with Crippen LogP contribution < -0.4 is 0 Å². The van der Waals surface area contributed by atoms with Crippen LogP contribution in [0.25, 0.3) is 0 Å². The molecular weight excluding hydrogens is 343 g/mol. The van der Waals surface area contributed by atoms with Crippen molar-refractivity contribution in [3.8, 4) is 0 Å². The number of amides is 2. The first-order valence-electron chi connectivity index (χ1n) is 9.44. The summed E-state index contributed by atoms with van der Waals surface area (Å²) in [5, 5.41) is 0. The minimum Gasteiger partial charge on any atom is -0.343 e. The topological polar surface area (TPSA) is 40.6 Å². The molecule has 2 aromatic rings. The van der Waals surface area contributed by atoms with Crippen molar-refractivity contribution in [2.24, 2.45) is 5.92 Å². The average Bonchev–Trinajstić information content (AvgIpc) is 3.15. The van der Waals surface area contributed by atoms with Crippen molar-refractivity contribution < 1.29 is 14.0 Å². The van der Waals surface area contributed by atoms with E-state index >= 15 is 0 Å². The first-order valence-corrected chi connectivity index (χ1v) is 9.44. The lowest BCUT2D eigenvalue weighted by Crippen LogP contribution is -2.39. The van der Waals surface area contributed by atoms with Crippen LogP contribution in [-0.4, -0.2) is 47.8 Å². The van der Waals surface area contributed by atoms with Gasteiger partial charge in [0.05, 0.1) is 11.5 Å². The summed E-state index contributed by atoms with van der Waals surface area (Å²) < 4.78 is 14.1. The predicted molar refractivity (Wildman–Crippen MR) is 103 cm³/mol. The molecule has 2 amide bonds. The summed E-state index contributed by atoms with van der Waals surface area (Å²) >= 11 is 0. The van der Waals surface area contributed by atoms with Crippen LogP contribution in [0.3, 0.4) is 0 Å². The second-order valence-electron chi connectivity index (χ2n) is 6.82. The van der Waals surface area contributed by atoms with Crippen molar-refractivity contribution in [3.63, 3.8) is 0 Å². The molecule has 142 valence electrons. The van der Waals surface area contributed by atoms with Crippen LogP contribution in [0.1, 0.15) is 35.7 Å². The fourth-order valence-corrected chi connectivity index (χ4v) is 3.83. The van der Waals surface area contributed by atoms with Crippen molar-refractivity contribution in [2.75, 3.05) is 26.2 Å². The molecule has 0 spiro atoms. The highest BCUT2D eigenvalue weighted by Crippen LogP contribution is 2.35. The summed E-state index contributed by atoms with van der Waals surface area (Å²) in [7, 11) is 0. The number of benzene rings is 2. The molecule has 4 nitrogen and oxygen atoms in total. The zero-order valence-electron chi connectivity index (χ0n) is 15.8. The highest BCUT2D eigenvalue weighted by Gasteiger charge is 2.42. The monoisotopic (exact) mass is 368 g/mol. The third kappa shape index (κ3) is 3.87. The Morgan fingerprint density at radius 2 is 1.63 bits per heavy atom. The van der Waals surface area contributed by atoms with Crippen molar-refractivity contribution in [3.05, 3.63) is 71.5 Å². The molecule has 1 fully saturated rings. The standard InChI is InChI=1S/C22H25FN2O2/c1-3-24(4-2)22(27)19-15-25(14-18(19)16-10-6-5-7-11-16)21(26)17-12-8-9-13-20(17)23/h5-13,18-19H,3-4,14-15H2,1-2H3/t18-,19+/m0/s1. The van der Waals surface area contributed by atoms with Gasteiger partial charge in [-0.25, -0.2) is 4.39 Å². The molecule has 1 heterocycles. The van der Waals surface area contributed by atoms with Crippen molar-refractivity contribution in [1.82, 2.24) is 9.80 Å². The highest BCUT2D eigenvalue weighted by atomic mass is 19.1. The van der Waals surface area contributed by atoms with E-state index in [9.17, 15) is 14.0 Å². The first-order chi connectivity index (χ1) is 13.1. The second kappa shape index (κ2) is 8.33. The molecule has 2 aromatic carbocycles. The van der Waals surface area contributed by atoms with E-state index in [-0.39, 0.29) is 29.2 Å². The maximum atomic E-state index is 14.1. The number of halogens is 1. The van der Waals surface area contributed by atoms with E-state index in [4.69, 9.17) is 0 Å². The first kappa shape index (κ1) is 19.1. The van der Waals surface area contributed by atoms with Gasteiger partial charge in [-0.15, -0.1) is 0 Å². The van der Waals surface area contributed by atoms with Gasteiger partial charge in [0.15, 0.2) is 0 Å². The lowest BCUT2D eigenvalue weighted by Gasteiger charge is -2.25.